The fraction of sp³-hybridized carbons (Fsp3) is 0.478. The average Bonchev–Trinajstić information content (AvgIpc) is 2.81. The summed E-state index contributed by atoms with van der Waals surface area (Å²) in [6, 6.07) is 8.99. The van der Waals surface area contributed by atoms with Crippen LogP contribution in [0.25, 0.3) is 0 Å². The summed E-state index contributed by atoms with van der Waals surface area (Å²) in [5.74, 6) is 1.46. The first-order valence-electron chi connectivity index (χ1n) is 10.7. The van der Waals surface area contributed by atoms with Crippen molar-refractivity contribution in [2.45, 2.75) is 42.2 Å². The van der Waals surface area contributed by atoms with E-state index in [9.17, 15) is 12.8 Å². The van der Waals surface area contributed by atoms with Crippen molar-refractivity contribution in [1.29, 1.82) is 0 Å². The number of nitrogen functional groups attached to an aromatic ring is 1. The Kier molecular flexibility index (Phi) is 8.67. The zero-order chi connectivity index (χ0) is 23.1. The van der Waals surface area contributed by atoms with Gasteiger partial charge in [-0.1, -0.05) is 19.3 Å². The topological polar surface area (TPSA) is 90.7 Å². The van der Waals surface area contributed by atoms with Gasteiger partial charge in [-0.05, 0) is 54.7 Å². The zero-order valence-electron chi connectivity index (χ0n) is 18.5. The summed E-state index contributed by atoms with van der Waals surface area (Å²) in [6.07, 6.45) is 5.68. The Morgan fingerprint density at radius 3 is 2.50 bits per heavy atom. The summed E-state index contributed by atoms with van der Waals surface area (Å²) in [4.78, 5) is 0.110. The quantitative estimate of drug-likeness (QED) is 0.375. The summed E-state index contributed by atoms with van der Waals surface area (Å²) >= 11 is 1.64. The molecule has 0 bridgehead atoms. The van der Waals surface area contributed by atoms with E-state index in [2.05, 4.69) is 4.72 Å². The van der Waals surface area contributed by atoms with E-state index in [1.165, 1.54) is 44.9 Å². The van der Waals surface area contributed by atoms with Crippen LogP contribution in [0.3, 0.4) is 0 Å². The molecule has 176 valence electrons. The van der Waals surface area contributed by atoms with Crippen molar-refractivity contribution >= 4 is 27.5 Å². The molecule has 1 saturated carbocycles. The lowest BCUT2D eigenvalue weighted by Crippen LogP contribution is -2.26. The van der Waals surface area contributed by atoms with Gasteiger partial charge in [0.25, 0.3) is 0 Å². The van der Waals surface area contributed by atoms with Gasteiger partial charge in [0.2, 0.25) is 10.0 Å². The van der Waals surface area contributed by atoms with Crippen molar-refractivity contribution in [1.82, 2.24) is 4.72 Å². The molecule has 0 aromatic heterocycles. The van der Waals surface area contributed by atoms with Crippen molar-refractivity contribution < 1.29 is 22.3 Å². The summed E-state index contributed by atoms with van der Waals surface area (Å²) in [5.41, 5.74) is 7.58. The average molecular weight is 483 g/mol. The third-order valence-corrected chi connectivity index (χ3v) is 8.69. The van der Waals surface area contributed by atoms with Crippen LogP contribution in [0.4, 0.5) is 10.1 Å². The van der Waals surface area contributed by atoms with Crippen LogP contribution in [-0.2, 0) is 10.0 Å². The second-order valence-corrected chi connectivity index (χ2v) is 10.9. The fourth-order valence-electron chi connectivity index (χ4n) is 4.14. The van der Waals surface area contributed by atoms with E-state index in [0.717, 1.165) is 31.2 Å². The first-order chi connectivity index (χ1) is 15.4. The number of sulfonamides is 1. The minimum Gasteiger partial charge on any atom is -0.493 e. The SMILES string of the molecule is COc1ccc(S(=O)(=O)NCCSC(c2cc(F)ccc2N)C2CCCCC2)cc1OC. The monoisotopic (exact) mass is 482 g/mol. The van der Waals surface area contributed by atoms with Crippen LogP contribution in [0.1, 0.15) is 42.9 Å². The minimum absolute atomic E-state index is 0.0385. The van der Waals surface area contributed by atoms with Crippen LogP contribution < -0.4 is 19.9 Å². The van der Waals surface area contributed by atoms with Gasteiger partial charge in [0, 0.05) is 29.3 Å². The molecule has 0 saturated heterocycles. The number of benzene rings is 2. The molecular weight excluding hydrogens is 451 g/mol. The van der Waals surface area contributed by atoms with Gasteiger partial charge < -0.3 is 15.2 Å². The minimum atomic E-state index is -3.70. The molecule has 2 aromatic carbocycles. The molecule has 6 nitrogen and oxygen atoms in total. The van der Waals surface area contributed by atoms with Gasteiger partial charge in [-0.2, -0.15) is 11.8 Å². The fourth-order valence-corrected chi connectivity index (χ4v) is 6.72. The third kappa shape index (κ3) is 6.08. The van der Waals surface area contributed by atoms with E-state index < -0.39 is 10.0 Å². The van der Waals surface area contributed by atoms with E-state index >= 15 is 0 Å². The van der Waals surface area contributed by atoms with Gasteiger partial charge in [-0.3, -0.25) is 0 Å². The number of anilines is 1. The number of hydrogen-bond donors (Lipinski definition) is 2. The van der Waals surface area contributed by atoms with Crippen LogP contribution in [-0.4, -0.2) is 34.9 Å². The van der Waals surface area contributed by atoms with Crippen molar-refractivity contribution in [3.63, 3.8) is 0 Å². The lowest BCUT2D eigenvalue weighted by atomic mass is 9.84. The molecule has 2 aromatic rings. The highest BCUT2D eigenvalue weighted by Gasteiger charge is 2.27. The Morgan fingerprint density at radius 1 is 1.09 bits per heavy atom. The van der Waals surface area contributed by atoms with Gasteiger partial charge in [-0.15, -0.1) is 0 Å². The van der Waals surface area contributed by atoms with Crippen LogP contribution >= 0.6 is 11.8 Å². The lowest BCUT2D eigenvalue weighted by molar-refractivity contribution is 0.351. The number of methoxy groups -OCH3 is 2. The predicted molar refractivity (Wildman–Crippen MR) is 127 cm³/mol. The number of nitrogens with two attached hydrogens (primary N) is 1. The molecule has 1 aliphatic carbocycles. The number of halogens is 1. The Morgan fingerprint density at radius 2 is 1.81 bits per heavy atom. The molecule has 32 heavy (non-hydrogen) atoms. The van der Waals surface area contributed by atoms with Crippen molar-refractivity contribution in [2.24, 2.45) is 5.92 Å². The molecule has 1 aliphatic rings. The summed E-state index contributed by atoms with van der Waals surface area (Å²) in [7, 11) is -0.748. The van der Waals surface area contributed by atoms with Crippen LogP contribution in [0.5, 0.6) is 11.5 Å². The van der Waals surface area contributed by atoms with Gasteiger partial charge in [0.15, 0.2) is 11.5 Å². The predicted octanol–water partition coefficient (Wildman–Crippen LogP) is 4.76. The van der Waals surface area contributed by atoms with E-state index in [1.807, 2.05) is 0 Å². The Bertz CT molecular complexity index is 1010. The Labute approximate surface area is 194 Å². The van der Waals surface area contributed by atoms with Crippen LogP contribution in [0.2, 0.25) is 0 Å². The summed E-state index contributed by atoms with van der Waals surface area (Å²) in [6.45, 7) is 0.250. The standard InChI is InChI=1S/C23H31FN2O4S2/c1-29-21-11-9-18(15-22(21)30-2)32(27,28)26-12-13-31-23(16-6-4-3-5-7-16)19-14-17(24)8-10-20(19)25/h8-11,14-16,23,26H,3-7,12-13,25H2,1-2H3. The second-order valence-electron chi connectivity index (χ2n) is 7.88. The van der Waals surface area contributed by atoms with Gasteiger partial charge in [-0.25, -0.2) is 17.5 Å². The first-order valence-corrected chi connectivity index (χ1v) is 13.3. The number of hydrogen-bond acceptors (Lipinski definition) is 6. The summed E-state index contributed by atoms with van der Waals surface area (Å²) in [5, 5.41) is 0.0385. The molecule has 0 spiro atoms. The smallest absolute Gasteiger partial charge is 0.240 e. The molecule has 1 atom stereocenters. The van der Waals surface area contributed by atoms with Crippen LogP contribution in [0.15, 0.2) is 41.3 Å². The molecule has 3 rings (SSSR count). The molecule has 1 fully saturated rings. The largest absolute Gasteiger partial charge is 0.493 e. The maximum absolute atomic E-state index is 13.9. The number of nitrogens with one attached hydrogen (secondary N) is 1. The van der Waals surface area contributed by atoms with E-state index in [-0.39, 0.29) is 22.5 Å². The maximum Gasteiger partial charge on any atom is 0.240 e. The van der Waals surface area contributed by atoms with Crippen molar-refractivity contribution in [3.8, 4) is 11.5 Å². The highest BCUT2D eigenvalue weighted by atomic mass is 32.2. The highest BCUT2D eigenvalue weighted by Crippen LogP contribution is 2.45. The molecule has 0 radical (unpaired) electrons. The normalized spacial score (nSPS) is 16.0. The molecule has 3 N–H and O–H groups in total. The highest BCUT2D eigenvalue weighted by molar-refractivity contribution is 7.99. The van der Waals surface area contributed by atoms with E-state index in [1.54, 1.807) is 23.9 Å². The number of rotatable bonds is 10. The second kappa shape index (κ2) is 11.2. The first kappa shape index (κ1) is 24.7. The van der Waals surface area contributed by atoms with Crippen molar-refractivity contribution in [3.05, 3.63) is 47.8 Å². The number of thioether (sulfide) groups is 1. The molecule has 0 heterocycles. The van der Waals surface area contributed by atoms with Gasteiger partial charge in [0.1, 0.15) is 5.82 Å². The molecule has 0 aliphatic heterocycles. The van der Waals surface area contributed by atoms with E-state index in [0.29, 0.717) is 28.9 Å². The maximum atomic E-state index is 13.9. The third-order valence-electron chi connectivity index (χ3n) is 5.79. The molecule has 9 heteroatoms. The molecule has 0 amide bonds. The summed E-state index contributed by atoms with van der Waals surface area (Å²) < 4.78 is 52.4. The van der Waals surface area contributed by atoms with Gasteiger partial charge in [0.05, 0.1) is 19.1 Å². The Balaban J connectivity index is 1.67. The molecular formula is C23H31FN2O4S2. The zero-order valence-corrected chi connectivity index (χ0v) is 20.1. The number of ether oxygens (including phenoxy) is 2. The van der Waals surface area contributed by atoms with E-state index in [4.69, 9.17) is 15.2 Å². The van der Waals surface area contributed by atoms with Gasteiger partial charge >= 0.3 is 0 Å². The Hall–Kier alpha value is -1.97. The van der Waals surface area contributed by atoms with Crippen LogP contribution in [0, 0.1) is 11.7 Å². The lowest BCUT2D eigenvalue weighted by Gasteiger charge is -2.31. The molecule has 1 unspecified atom stereocenters. The van der Waals surface area contributed by atoms with Crippen molar-refractivity contribution in [2.75, 3.05) is 32.3 Å².